The van der Waals surface area contributed by atoms with Crippen LogP contribution in [-0.4, -0.2) is 16.8 Å². The van der Waals surface area contributed by atoms with Crippen molar-refractivity contribution < 1.29 is 9.59 Å². The molecule has 0 spiro atoms. The number of benzene rings is 2. The molecule has 6 nitrogen and oxygen atoms in total. The molecule has 1 heterocycles. The molecule has 0 atom stereocenters. The van der Waals surface area contributed by atoms with Crippen molar-refractivity contribution in [1.82, 2.24) is 10.3 Å². The number of carbonyl (C=O) groups is 2. The Labute approximate surface area is 156 Å². The summed E-state index contributed by atoms with van der Waals surface area (Å²) in [5.74, 6) is -0.860. The first kappa shape index (κ1) is 17.8. The van der Waals surface area contributed by atoms with Crippen LogP contribution in [0.5, 0.6) is 0 Å². The summed E-state index contributed by atoms with van der Waals surface area (Å²) in [6, 6.07) is 22.8. The molecule has 6 heteroatoms. The van der Waals surface area contributed by atoms with Crippen LogP contribution in [0, 0.1) is 11.3 Å². The van der Waals surface area contributed by atoms with Gasteiger partial charge in [0.2, 0.25) is 0 Å². The van der Waals surface area contributed by atoms with Gasteiger partial charge in [-0.3, -0.25) is 9.59 Å². The summed E-state index contributed by atoms with van der Waals surface area (Å²) in [4.78, 5) is 28.9. The van der Waals surface area contributed by atoms with Crippen LogP contribution < -0.4 is 10.6 Å². The summed E-state index contributed by atoms with van der Waals surface area (Å²) in [7, 11) is 0. The molecule has 0 saturated carbocycles. The molecular formula is C21H16N4O2. The molecule has 1 aromatic heterocycles. The molecule has 0 aliphatic carbocycles. The first-order valence-electron chi connectivity index (χ1n) is 8.27. The number of rotatable bonds is 5. The molecular weight excluding hydrogens is 340 g/mol. The van der Waals surface area contributed by atoms with E-state index in [4.69, 9.17) is 5.26 Å². The van der Waals surface area contributed by atoms with Crippen molar-refractivity contribution in [3.63, 3.8) is 0 Å². The molecule has 0 bridgehead atoms. The van der Waals surface area contributed by atoms with E-state index in [2.05, 4.69) is 15.6 Å². The maximum atomic E-state index is 12.4. The first-order valence-corrected chi connectivity index (χ1v) is 8.27. The number of nitriles is 1. The van der Waals surface area contributed by atoms with Crippen molar-refractivity contribution in [2.75, 3.05) is 5.32 Å². The maximum Gasteiger partial charge on any atom is 0.274 e. The summed E-state index contributed by atoms with van der Waals surface area (Å²) in [5, 5.41) is 14.5. The van der Waals surface area contributed by atoms with Crippen LogP contribution in [0.15, 0.2) is 72.8 Å². The highest BCUT2D eigenvalue weighted by Crippen LogP contribution is 2.14. The molecule has 0 saturated heterocycles. The molecule has 0 fully saturated rings. The smallest absolute Gasteiger partial charge is 0.274 e. The summed E-state index contributed by atoms with van der Waals surface area (Å²) in [5.41, 5.74) is 1.95. The largest absolute Gasteiger partial charge is 0.347 e. The van der Waals surface area contributed by atoms with Crippen LogP contribution in [-0.2, 0) is 6.54 Å². The van der Waals surface area contributed by atoms with Gasteiger partial charge in [0.05, 0.1) is 11.3 Å². The van der Waals surface area contributed by atoms with Gasteiger partial charge in [-0.05, 0) is 29.8 Å². The zero-order valence-corrected chi connectivity index (χ0v) is 14.3. The predicted molar refractivity (Wildman–Crippen MR) is 101 cm³/mol. The Morgan fingerprint density at radius 2 is 1.52 bits per heavy atom. The van der Waals surface area contributed by atoms with E-state index in [0.717, 1.165) is 5.56 Å². The van der Waals surface area contributed by atoms with E-state index in [-0.39, 0.29) is 17.3 Å². The molecule has 0 aliphatic heterocycles. The van der Waals surface area contributed by atoms with Gasteiger partial charge in [0.1, 0.15) is 17.5 Å². The Bertz CT molecular complexity index is 1010. The maximum absolute atomic E-state index is 12.4. The fraction of sp³-hybridized carbons (Fsp3) is 0.0476. The van der Waals surface area contributed by atoms with Gasteiger partial charge >= 0.3 is 0 Å². The lowest BCUT2D eigenvalue weighted by atomic mass is 10.2. The van der Waals surface area contributed by atoms with Gasteiger partial charge in [-0.15, -0.1) is 0 Å². The van der Waals surface area contributed by atoms with Crippen molar-refractivity contribution >= 4 is 17.5 Å². The van der Waals surface area contributed by atoms with E-state index in [1.54, 1.807) is 36.4 Å². The molecule has 3 rings (SSSR count). The third-order valence-electron chi connectivity index (χ3n) is 3.81. The molecule has 0 radical (unpaired) electrons. The number of amides is 2. The number of aromatic nitrogens is 1. The van der Waals surface area contributed by atoms with Gasteiger partial charge in [-0.2, -0.15) is 5.26 Å². The monoisotopic (exact) mass is 356 g/mol. The quantitative estimate of drug-likeness (QED) is 0.734. The Hall–Kier alpha value is -3.98. The highest BCUT2D eigenvalue weighted by atomic mass is 16.2. The second kappa shape index (κ2) is 8.41. The number of hydrogen-bond donors (Lipinski definition) is 2. The Morgan fingerprint density at radius 3 is 2.26 bits per heavy atom. The second-order valence-corrected chi connectivity index (χ2v) is 5.69. The summed E-state index contributed by atoms with van der Waals surface area (Å²) < 4.78 is 0. The van der Waals surface area contributed by atoms with Crippen molar-refractivity contribution in [3.8, 4) is 6.07 Å². The van der Waals surface area contributed by atoms with Crippen molar-refractivity contribution in [2.45, 2.75) is 6.54 Å². The SMILES string of the molecule is N#Cc1ccccc1NC(=O)c1cccc(C(=O)NCc2ccccc2)n1. The van der Waals surface area contributed by atoms with Gasteiger partial charge in [-0.25, -0.2) is 4.98 Å². The van der Waals surface area contributed by atoms with Crippen molar-refractivity contribution in [2.24, 2.45) is 0 Å². The van der Waals surface area contributed by atoms with Gasteiger partial charge in [0.25, 0.3) is 11.8 Å². The van der Waals surface area contributed by atoms with Crippen molar-refractivity contribution in [3.05, 3.63) is 95.3 Å². The molecule has 132 valence electrons. The minimum atomic E-state index is -0.490. The van der Waals surface area contributed by atoms with E-state index in [0.29, 0.717) is 17.8 Å². The van der Waals surface area contributed by atoms with Crippen LogP contribution in [0.4, 0.5) is 5.69 Å². The van der Waals surface area contributed by atoms with E-state index in [1.807, 2.05) is 36.4 Å². The second-order valence-electron chi connectivity index (χ2n) is 5.69. The van der Waals surface area contributed by atoms with E-state index >= 15 is 0 Å². The minimum Gasteiger partial charge on any atom is -0.347 e. The normalized spacial score (nSPS) is 9.89. The number of hydrogen-bond acceptors (Lipinski definition) is 4. The van der Waals surface area contributed by atoms with Crippen LogP contribution in [0.2, 0.25) is 0 Å². The summed E-state index contributed by atoms with van der Waals surface area (Å²) >= 11 is 0. The number of nitrogens with one attached hydrogen (secondary N) is 2. The Morgan fingerprint density at radius 1 is 0.852 bits per heavy atom. The van der Waals surface area contributed by atoms with E-state index < -0.39 is 5.91 Å². The highest BCUT2D eigenvalue weighted by Gasteiger charge is 2.13. The molecule has 27 heavy (non-hydrogen) atoms. The third kappa shape index (κ3) is 4.55. The number of para-hydroxylation sites is 1. The van der Waals surface area contributed by atoms with Crippen LogP contribution in [0.25, 0.3) is 0 Å². The minimum absolute atomic E-state index is 0.0927. The molecule has 2 N–H and O–H groups in total. The molecule has 3 aromatic rings. The topological polar surface area (TPSA) is 94.9 Å². The summed E-state index contributed by atoms with van der Waals surface area (Å²) in [6.45, 7) is 0.368. The zero-order chi connectivity index (χ0) is 19.1. The molecule has 0 aliphatic rings. The standard InChI is InChI=1S/C21H16N4O2/c22-13-16-9-4-5-10-17(16)25-21(27)19-12-6-11-18(24-19)20(26)23-14-15-7-2-1-3-8-15/h1-12H,14H2,(H,23,26)(H,25,27). The average molecular weight is 356 g/mol. The first-order chi connectivity index (χ1) is 13.2. The highest BCUT2D eigenvalue weighted by molar-refractivity contribution is 6.04. The Balaban J connectivity index is 1.70. The van der Waals surface area contributed by atoms with Gasteiger partial charge < -0.3 is 10.6 Å². The number of carbonyl (C=O) groups excluding carboxylic acids is 2. The Kier molecular flexibility index (Phi) is 5.55. The van der Waals surface area contributed by atoms with Crippen LogP contribution >= 0.6 is 0 Å². The number of nitrogens with zero attached hydrogens (tertiary/aromatic N) is 2. The fourth-order valence-corrected chi connectivity index (χ4v) is 2.43. The molecule has 2 amide bonds. The van der Waals surface area contributed by atoms with Crippen LogP contribution in [0.1, 0.15) is 32.1 Å². The van der Waals surface area contributed by atoms with E-state index in [1.165, 1.54) is 6.07 Å². The number of pyridine rings is 1. The molecule has 2 aromatic carbocycles. The number of anilines is 1. The molecule has 0 unspecified atom stereocenters. The average Bonchev–Trinajstić information content (AvgIpc) is 2.73. The van der Waals surface area contributed by atoms with Gasteiger partial charge in [0.15, 0.2) is 0 Å². The third-order valence-corrected chi connectivity index (χ3v) is 3.81. The fourth-order valence-electron chi connectivity index (χ4n) is 2.43. The van der Waals surface area contributed by atoms with Gasteiger partial charge in [-0.1, -0.05) is 48.5 Å². The van der Waals surface area contributed by atoms with E-state index in [9.17, 15) is 9.59 Å². The zero-order valence-electron chi connectivity index (χ0n) is 14.3. The van der Waals surface area contributed by atoms with Crippen molar-refractivity contribution in [1.29, 1.82) is 5.26 Å². The predicted octanol–water partition coefficient (Wildman–Crippen LogP) is 3.14. The van der Waals surface area contributed by atoms with Gasteiger partial charge in [0, 0.05) is 6.54 Å². The lowest BCUT2D eigenvalue weighted by molar-refractivity contribution is 0.0945. The lowest BCUT2D eigenvalue weighted by Gasteiger charge is -2.08. The lowest BCUT2D eigenvalue weighted by Crippen LogP contribution is -2.25. The summed E-state index contributed by atoms with van der Waals surface area (Å²) in [6.07, 6.45) is 0. The van der Waals surface area contributed by atoms with Crippen LogP contribution in [0.3, 0.4) is 0 Å².